The molecule has 0 aliphatic heterocycles. The lowest BCUT2D eigenvalue weighted by Gasteiger charge is -2.18. The lowest BCUT2D eigenvalue weighted by Crippen LogP contribution is -2.30. The molecule has 5 heteroatoms. The van der Waals surface area contributed by atoms with E-state index in [4.69, 9.17) is 14.2 Å². The first-order valence-corrected chi connectivity index (χ1v) is 25.5. The van der Waals surface area contributed by atoms with Crippen molar-refractivity contribution in [3.63, 3.8) is 0 Å². The van der Waals surface area contributed by atoms with E-state index in [1.165, 1.54) is 180 Å². The molecule has 0 saturated carbocycles. The van der Waals surface area contributed by atoms with Gasteiger partial charge in [-0.2, -0.15) is 0 Å². The summed E-state index contributed by atoms with van der Waals surface area (Å²) in [5, 5.41) is 0. The molecule has 0 amide bonds. The van der Waals surface area contributed by atoms with Crippen LogP contribution < -0.4 is 0 Å². The van der Waals surface area contributed by atoms with E-state index in [2.05, 4.69) is 57.2 Å². The molecule has 0 aromatic heterocycles. The van der Waals surface area contributed by atoms with Gasteiger partial charge in [0, 0.05) is 19.4 Å². The normalized spacial score (nSPS) is 12.4. The molecule has 0 bridgehead atoms. The van der Waals surface area contributed by atoms with E-state index in [9.17, 15) is 9.59 Å². The molecule has 0 aliphatic rings. The molecule has 1 unspecified atom stereocenters. The molecule has 0 N–H and O–H groups in total. The topological polar surface area (TPSA) is 61.8 Å². The number of hydrogen-bond acceptors (Lipinski definition) is 5. The van der Waals surface area contributed by atoms with Crippen LogP contribution in [0.4, 0.5) is 0 Å². The van der Waals surface area contributed by atoms with E-state index in [0.29, 0.717) is 19.4 Å². The van der Waals surface area contributed by atoms with Crippen molar-refractivity contribution in [2.24, 2.45) is 0 Å². The molecule has 0 aliphatic carbocycles. The van der Waals surface area contributed by atoms with E-state index in [-0.39, 0.29) is 25.2 Å². The van der Waals surface area contributed by atoms with Gasteiger partial charge in [-0.25, -0.2) is 0 Å². The number of unbranched alkanes of at least 4 members (excludes halogenated alkanes) is 30. The number of carbonyl (C=O) groups excluding carboxylic acids is 2. The van der Waals surface area contributed by atoms with Crippen LogP contribution in [0.3, 0.4) is 0 Å². The summed E-state index contributed by atoms with van der Waals surface area (Å²) >= 11 is 0. The van der Waals surface area contributed by atoms with Gasteiger partial charge in [0.15, 0.2) is 6.10 Å². The molecule has 0 heterocycles. The maximum atomic E-state index is 12.7. The number of hydrogen-bond donors (Lipinski definition) is 0. The van der Waals surface area contributed by atoms with E-state index >= 15 is 0 Å². The van der Waals surface area contributed by atoms with Gasteiger partial charge in [0.1, 0.15) is 6.61 Å². The Balaban J connectivity index is 4.18. The molecule has 58 heavy (non-hydrogen) atoms. The van der Waals surface area contributed by atoms with Crippen LogP contribution in [0.25, 0.3) is 0 Å². The van der Waals surface area contributed by atoms with Crippen molar-refractivity contribution >= 4 is 11.9 Å². The highest BCUT2D eigenvalue weighted by Crippen LogP contribution is 2.15. The van der Waals surface area contributed by atoms with Crippen molar-refractivity contribution in [2.75, 3.05) is 19.8 Å². The maximum Gasteiger partial charge on any atom is 0.306 e. The fourth-order valence-corrected chi connectivity index (χ4v) is 7.29. The SMILES string of the molecule is CCCC/C=C\CCCCCCCC(=O)OC(COCCCCCCCCCCCCCC)COC(=O)CCCCCCCCCCC/C=C\C/C=C\CCCCC. The summed E-state index contributed by atoms with van der Waals surface area (Å²) in [5.41, 5.74) is 0. The van der Waals surface area contributed by atoms with Gasteiger partial charge in [0.2, 0.25) is 0 Å². The Hall–Kier alpha value is -1.88. The fraction of sp³-hybridized carbons (Fsp3) is 0.849. The second-order valence-electron chi connectivity index (χ2n) is 17.1. The van der Waals surface area contributed by atoms with Crippen LogP contribution in [0.1, 0.15) is 265 Å². The van der Waals surface area contributed by atoms with E-state index in [0.717, 1.165) is 51.4 Å². The number of rotatable bonds is 47. The summed E-state index contributed by atoms with van der Waals surface area (Å²) in [6, 6.07) is 0. The summed E-state index contributed by atoms with van der Waals surface area (Å²) < 4.78 is 17.4. The van der Waals surface area contributed by atoms with Gasteiger partial charge >= 0.3 is 11.9 Å². The molecule has 0 saturated heterocycles. The smallest absolute Gasteiger partial charge is 0.306 e. The van der Waals surface area contributed by atoms with E-state index in [1.54, 1.807) is 0 Å². The molecule has 0 aromatic carbocycles. The Kier molecular flexibility index (Phi) is 47.9. The number of carbonyl (C=O) groups is 2. The largest absolute Gasteiger partial charge is 0.462 e. The Morgan fingerprint density at radius 2 is 0.741 bits per heavy atom. The highest BCUT2D eigenvalue weighted by molar-refractivity contribution is 5.70. The Morgan fingerprint density at radius 3 is 1.24 bits per heavy atom. The van der Waals surface area contributed by atoms with Gasteiger partial charge in [0.05, 0.1) is 6.61 Å². The minimum atomic E-state index is -0.536. The molecule has 0 aromatic rings. The minimum Gasteiger partial charge on any atom is -0.462 e. The average molecular weight is 815 g/mol. The summed E-state index contributed by atoms with van der Waals surface area (Å²) in [5.74, 6) is -0.401. The molecule has 5 nitrogen and oxygen atoms in total. The third-order valence-corrected chi connectivity index (χ3v) is 11.1. The summed E-state index contributed by atoms with van der Waals surface area (Å²) in [6.07, 6.45) is 58.6. The molecular formula is C53H98O5. The number of ether oxygens (including phenoxy) is 3. The highest BCUT2D eigenvalue weighted by atomic mass is 16.6. The van der Waals surface area contributed by atoms with E-state index < -0.39 is 6.10 Å². The van der Waals surface area contributed by atoms with Crippen LogP contribution in [0, 0.1) is 0 Å². The second-order valence-corrected chi connectivity index (χ2v) is 17.1. The third kappa shape index (κ3) is 46.8. The zero-order valence-corrected chi connectivity index (χ0v) is 39.1. The molecule has 1 atom stereocenters. The maximum absolute atomic E-state index is 12.7. The predicted octanol–water partition coefficient (Wildman–Crippen LogP) is 17.0. The number of esters is 2. The van der Waals surface area contributed by atoms with Crippen molar-refractivity contribution in [1.82, 2.24) is 0 Å². The lowest BCUT2D eigenvalue weighted by molar-refractivity contribution is -0.163. The van der Waals surface area contributed by atoms with Crippen molar-refractivity contribution in [2.45, 2.75) is 271 Å². The number of allylic oxidation sites excluding steroid dienone is 6. The standard InChI is InChI=1S/C53H98O5/c1-4-7-10-13-16-19-22-24-25-26-27-28-29-30-32-34-37-40-43-46-52(54)57-50-51(49-56-48-45-42-39-36-33-23-20-17-14-11-8-5-2)58-53(55)47-44-41-38-35-31-21-18-15-12-9-6-3/h15-16,18-19,24-25,51H,4-14,17,20-23,26-50H2,1-3H3/b18-15-,19-16-,25-24-. The zero-order chi connectivity index (χ0) is 42.1. The lowest BCUT2D eigenvalue weighted by atomic mass is 10.1. The van der Waals surface area contributed by atoms with Gasteiger partial charge in [0.25, 0.3) is 0 Å². The Morgan fingerprint density at radius 1 is 0.379 bits per heavy atom. The van der Waals surface area contributed by atoms with Crippen molar-refractivity contribution in [1.29, 1.82) is 0 Å². The molecule has 0 fully saturated rings. The fourth-order valence-electron chi connectivity index (χ4n) is 7.29. The minimum absolute atomic E-state index is 0.0841. The van der Waals surface area contributed by atoms with Crippen LogP contribution in [-0.4, -0.2) is 37.9 Å². The van der Waals surface area contributed by atoms with Crippen LogP contribution in [0.2, 0.25) is 0 Å². The first-order chi connectivity index (χ1) is 28.6. The van der Waals surface area contributed by atoms with Crippen LogP contribution in [-0.2, 0) is 23.8 Å². The summed E-state index contributed by atoms with van der Waals surface area (Å²) in [7, 11) is 0. The summed E-state index contributed by atoms with van der Waals surface area (Å²) in [6.45, 7) is 7.79. The van der Waals surface area contributed by atoms with Gasteiger partial charge in [-0.05, 0) is 70.6 Å². The first-order valence-electron chi connectivity index (χ1n) is 25.5. The quantitative estimate of drug-likeness (QED) is 0.0348. The van der Waals surface area contributed by atoms with Crippen molar-refractivity contribution in [3.05, 3.63) is 36.5 Å². The highest BCUT2D eigenvalue weighted by Gasteiger charge is 2.17. The first kappa shape index (κ1) is 56.1. The monoisotopic (exact) mass is 815 g/mol. The third-order valence-electron chi connectivity index (χ3n) is 11.1. The predicted molar refractivity (Wildman–Crippen MR) is 252 cm³/mol. The Bertz CT molecular complexity index is 924. The van der Waals surface area contributed by atoms with Gasteiger partial charge in [-0.1, -0.05) is 218 Å². The van der Waals surface area contributed by atoms with Gasteiger partial charge in [-0.15, -0.1) is 0 Å². The van der Waals surface area contributed by atoms with Crippen LogP contribution >= 0.6 is 0 Å². The summed E-state index contributed by atoms with van der Waals surface area (Å²) in [4.78, 5) is 25.3. The second kappa shape index (κ2) is 49.5. The van der Waals surface area contributed by atoms with Crippen molar-refractivity contribution in [3.8, 4) is 0 Å². The van der Waals surface area contributed by atoms with Gasteiger partial charge in [-0.3, -0.25) is 9.59 Å². The van der Waals surface area contributed by atoms with Crippen LogP contribution in [0.15, 0.2) is 36.5 Å². The van der Waals surface area contributed by atoms with Crippen molar-refractivity contribution < 1.29 is 23.8 Å². The molecule has 0 spiro atoms. The molecular weight excluding hydrogens is 717 g/mol. The zero-order valence-electron chi connectivity index (χ0n) is 39.1. The van der Waals surface area contributed by atoms with E-state index in [1.807, 2.05) is 0 Å². The molecule has 340 valence electrons. The van der Waals surface area contributed by atoms with Crippen LogP contribution in [0.5, 0.6) is 0 Å². The van der Waals surface area contributed by atoms with Gasteiger partial charge < -0.3 is 14.2 Å². The average Bonchev–Trinajstić information content (AvgIpc) is 3.22. The molecule has 0 radical (unpaired) electrons. The Labute approximate surface area is 361 Å². The molecule has 0 rings (SSSR count).